The normalized spacial score (nSPS) is 8.00. The monoisotopic (exact) mass is 136 g/mol. The molecule has 0 aromatic rings. The summed E-state index contributed by atoms with van der Waals surface area (Å²) in [6.45, 7) is -0.787. The summed E-state index contributed by atoms with van der Waals surface area (Å²) in [5.41, 5.74) is 0. The summed E-state index contributed by atoms with van der Waals surface area (Å²) in [6.07, 6.45) is -3.15. The van der Waals surface area contributed by atoms with Gasteiger partial charge in [-0.1, -0.05) is 0 Å². The van der Waals surface area contributed by atoms with Gasteiger partial charge in [0.15, 0.2) is 0 Å². The van der Waals surface area contributed by atoms with E-state index in [0.29, 0.717) is 0 Å². The Labute approximate surface area is 49.6 Å². The van der Waals surface area contributed by atoms with Crippen LogP contribution in [0.3, 0.4) is 0 Å². The summed E-state index contributed by atoms with van der Waals surface area (Å²) in [7, 11) is 0. The fraction of sp³-hybridized carbons (Fsp3) is 0.333. The van der Waals surface area contributed by atoms with E-state index >= 15 is 0 Å². The van der Waals surface area contributed by atoms with Gasteiger partial charge in [0, 0.05) is 0 Å². The van der Waals surface area contributed by atoms with Gasteiger partial charge < -0.3 is 19.7 Å². The molecule has 6 heteroatoms. The van der Waals surface area contributed by atoms with Crippen molar-refractivity contribution in [3.8, 4) is 0 Å². The lowest BCUT2D eigenvalue weighted by Gasteiger charge is -1.96. The molecular formula is C3H4O6. The van der Waals surface area contributed by atoms with E-state index in [1.807, 2.05) is 0 Å². The lowest BCUT2D eigenvalue weighted by molar-refractivity contribution is -0.0167. The molecule has 0 unspecified atom stereocenters. The SMILES string of the molecule is O=C(O)OCOC(=O)O. The predicted molar refractivity (Wildman–Crippen MR) is 23.1 cm³/mol. The molecule has 0 aromatic heterocycles. The lowest BCUT2D eigenvalue weighted by Crippen LogP contribution is -2.08. The minimum Gasteiger partial charge on any atom is -0.450 e. The van der Waals surface area contributed by atoms with Crippen molar-refractivity contribution in [2.24, 2.45) is 0 Å². The quantitative estimate of drug-likeness (QED) is 0.419. The van der Waals surface area contributed by atoms with E-state index in [2.05, 4.69) is 9.47 Å². The van der Waals surface area contributed by atoms with Gasteiger partial charge in [0.2, 0.25) is 6.79 Å². The molecule has 52 valence electrons. The molecule has 0 saturated carbocycles. The highest BCUT2D eigenvalue weighted by Crippen LogP contribution is 1.79. The summed E-state index contributed by atoms with van der Waals surface area (Å²) in [5.74, 6) is 0. The zero-order valence-electron chi connectivity index (χ0n) is 4.23. The van der Waals surface area contributed by atoms with Crippen molar-refractivity contribution in [3.63, 3.8) is 0 Å². The second-order valence-electron chi connectivity index (χ2n) is 0.938. The molecule has 6 nitrogen and oxygen atoms in total. The number of hydrogen-bond acceptors (Lipinski definition) is 4. The van der Waals surface area contributed by atoms with Crippen LogP contribution in [0.15, 0.2) is 0 Å². The highest BCUT2D eigenvalue weighted by Gasteiger charge is 1.98. The summed E-state index contributed by atoms with van der Waals surface area (Å²) in [6, 6.07) is 0. The molecule has 0 spiro atoms. The van der Waals surface area contributed by atoms with Gasteiger partial charge in [-0.05, 0) is 0 Å². The van der Waals surface area contributed by atoms with Crippen LogP contribution in [0.4, 0.5) is 9.59 Å². The lowest BCUT2D eigenvalue weighted by atomic mass is 11.2. The first kappa shape index (κ1) is 7.54. The zero-order chi connectivity index (χ0) is 7.28. The third kappa shape index (κ3) is 6.54. The van der Waals surface area contributed by atoms with E-state index < -0.39 is 19.1 Å². The minimum atomic E-state index is -1.57. The molecule has 0 atom stereocenters. The minimum absolute atomic E-state index is 0.787. The summed E-state index contributed by atoms with van der Waals surface area (Å²) < 4.78 is 7.33. The van der Waals surface area contributed by atoms with Gasteiger partial charge in [0.05, 0.1) is 0 Å². The van der Waals surface area contributed by atoms with E-state index in [4.69, 9.17) is 10.2 Å². The molecule has 0 aliphatic rings. The largest absolute Gasteiger partial charge is 0.508 e. The maximum Gasteiger partial charge on any atom is 0.508 e. The first-order valence-corrected chi connectivity index (χ1v) is 1.84. The smallest absolute Gasteiger partial charge is 0.450 e. The van der Waals surface area contributed by atoms with Crippen molar-refractivity contribution in [3.05, 3.63) is 0 Å². The Balaban J connectivity index is 3.10. The molecule has 0 fully saturated rings. The molecule has 0 heterocycles. The first-order valence-electron chi connectivity index (χ1n) is 1.84. The highest BCUT2D eigenvalue weighted by atomic mass is 16.8. The van der Waals surface area contributed by atoms with E-state index in [1.54, 1.807) is 0 Å². The number of carboxylic acid groups (broad SMARTS) is 2. The molecule has 0 bridgehead atoms. The predicted octanol–water partition coefficient (Wildman–Crippen LogP) is 0.333. The van der Waals surface area contributed by atoms with Gasteiger partial charge in [-0.2, -0.15) is 0 Å². The van der Waals surface area contributed by atoms with Crippen LogP contribution in [0.2, 0.25) is 0 Å². The van der Waals surface area contributed by atoms with E-state index in [1.165, 1.54) is 0 Å². The summed E-state index contributed by atoms with van der Waals surface area (Å²) in [5, 5.41) is 15.5. The first-order chi connectivity index (χ1) is 4.13. The second-order valence-corrected chi connectivity index (χ2v) is 0.938. The molecule has 0 aliphatic carbocycles. The molecule has 0 saturated heterocycles. The molecule has 0 aromatic carbocycles. The van der Waals surface area contributed by atoms with Crippen LogP contribution in [0.1, 0.15) is 0 Å². The number of ether oxygens (including phenoxy) is 2. The van der Waals surface area contributed by atoms with Crippen LogP contribution >= 0.6 is 0 Å². The maximum atomic E-state index is 9.49. The Hall–Kier alpha value is -1.46. The van der Waals surface area contributed by atoms with Crippen LogP contribution in [0.5, 0.6) is 0 Å². The van der Waals surface area contributed by atoms with Crippen LogP contribution < -0.4 is 0 Å². The van der Waals surface area contributed by atoms with Crippen molar-refractivity contribution in [1.82, 2.24) is 0 Å². The Morgan fingerprint density at radius 2 is 1.44 bits per heavy atom. The van der Waals surface area contributed by atoms with Crippen molar-refractivity contribution in [1.29, 1.82) is 0 Å². The Bertz CT molecular complexity index is 103. The van der Waals surface area contributed by atoms with Crippen molar-refractivity contribution in [2.75, 3.05) is 6.79 Å². The third-order valence-corrected chi connectivity index (χ3v) is 0.365. The average Bonchev–Trinajstić information content (AvgIpc) is 1.63. The molecule has 0 rings (SSSR count). The molecular weight excluding hydrogens is 132 g/mol. The molecule has 0 aliphatic heterocycles. The van der Waals surface area contributed by atoms with Gasteiger partial charge in [-0.15, -0.1) is 0 Å². The Morgan fingerprint density at radius 3 is 1.67 bits per heavy atom. The number of carbonyl (C=O) groups is 2. The highest BCUT2D eigenvalue weighted by molar-refractivity contribution is 5.58. The maximum absolute atomic E-state index is 9.49. The Morgan fingerprint density at radius 1 is 1.11 bits per heavy atom. The second kappa shape index (κ2) is 3.53. The average molecular weight is 136 g/mol. The van der Waals surface area contributed by atoms with Crippen LogP contribution in [-0.2, 0) is 9.47 Å². The van der Waals surface area contributed by atoms with Gasteiger partial charge in [-0.3, -0.25) is 0 Å². The fourth-order valence-corrected chi connectivity index (χ4v) is 0.130. The molecule has 9 heavy (non-hydrogen) atoms. The van der Waals surface area contributed by atoms with Gasteiger partial charge in [-0.25, -0.2) is 9.59 Å². The molecule has 2 N–H and O–H groups in total. The van der Waals surface area contributed by atoms with E-state index in [0.717, 1.165) is 0 Å². The van der Waals surface area contributed by atoms with Gasteiger partial charge in [0.25, 0.3) is 0 Å². The van der Waals surface area contributed by atoms with Gasteiger partial charge >= 0.3 is 12.3 Å². The molecule has 0 amide bonds. The van der Waals surface area contributed by atoms with E-state index in [9.17, 15) is 9.59 Å². The van der Waals surface area contributed by atoms with Crippen molar-refractivity contribution >= 4 is 12.3 Å². The number of rotatable bonds is 2. The van der Waals surface area contributed by atoms with Crippen molar-refractivity contribution in [2.45, 2.75) is 0 Å². The summed E-state index contributed by atoms with van der Waals surface area (Å²) in [4.78, 5) is 19.0. The molecule has 0 radical (unpaired) electrons. The van der Waals surface area contributed by atoms with E-state index in [-0.39, 0.29) is 0 Å². The third-order valence-electron chi connectivity index (χ3n) is 0.365. The topological polar surface area (TPSA) is 93.1 Å². The summed E-state index contributed by atoms with van der Waals surface area (Å²) >= 11 is 0. The zero-order valence-corrected chi connectivity index (χ0v) is 4.23. The van der Waals surface area contributed by atoms with Crippen LogP contribution in [-0.4, -0.2) is 29.3 Å². The standard InChI is InChI=1S/C3H4O6/c4-2(5)8-1-9-3(6)7/h1H2,(H,4,5)(H,6,7). The Kier molecular flexibility index (Phi) is 2.96. The fourth-order valence-electron chi connectivity index (χ4n) is 0.130. The van der Waals surface area contributed by atoms with Crippen molar-refractivity contribution < 1.29 is 29.3 Å². The van der Waals surface area contributed by atoms with Gasteiger partial charge in [0.1, 0.15) is 0 Å². The number of hydrogen-bond donors (Lipinski definition) is 2. The van der Waals surface area contributed by atoms with Crippen LogP contribution in [0.25, 0.3) is 0 Å². The van der Waals surface area contributed by atoms with Crippen LogP contribution in [0, 0.1) is 0 Å².